The third-order valence-electron chi connectivity index (χ3n) is 2.78. The fourth-order valence-electron chi connectivity index (χ4n) is 1.82. The van der Waals surface area contributed by atoms with Crippen molar-refractivity contribution in [2.24, 2.45) is 4.99 Å². The topological polar surface area (TPSA) is 54.9 Å². The Balaban J connectivity index is 0.00000441. The zero-order valence-electron chi connectivity index (χ0n) is 13.5. The highest BCUT2D eigenvalue weighted by Crippen LogP contribution is 2.25. The van der Waals surface area contributed by atoms with E-state index in [1.54, 1.807) is 14.2 Å². The highest BCUT2D eigenvalue weighted by molar-refractivity contribution is 14.0. The van der Waals surface area contributed by atoms with Crippen LogP contribution in [0.4, 0.5) is 0 Å². The van der Waals surface area contributed by atoms with E-state index in [1.165, 1.54) is 0 Å². The largest absolute Gasteiger partial charge is 0.496 e. The van der Waals surface area contributed by atoms with Gasteiger partial charge in [0.2, 0.25) is 0 Å². The zero-order chi connectivity index (χ0) is 15.7. The molecule has 1 aromatic rings. The summed E-state index contributed by atoms with van der Waals surface area (Å²) in [6.45, 7) is 6.15. The van der Waals surface area contributed by atoms with E-state index in [-0.39, 0.29) is 30.0 Å². The molecule has 22 heavy (non-hydrogen) atoms. The van der Waals surface area contributed by atoms with E-state index in [9.17, 15) is 0 Å². The number of ether oxygens (including phenoxy) is 2. The number of hydrogen-bond acceptors (Lipinski definition) is 3. The number of guanidine groups is 1. The van der Waals surface area contributed by atoms with Gasteiger partial charge in [0, 0.05) is 19.7 Å². The average molecular weight is 486 g/mol. The molecular formula is C15H25BrIN3O2. The average Bonchev–Trinajstić information content (AvgIpc) is 2.45. The summed E-state index contributed by atoms with van der Waals surface area (Å²) in [5.41, 5.74) is 1.11. The van der Waals surface area contributed by atoms with Gasteiger partial charge in [-0.15, -0.1) is 24.0 Å². The van der Waals surface area contributed by atoms with E-state index in [4.69, 9.17) is 9.47 Å². The number of nitrogens with one attached hydrogen (secondary N) is 2. The van der Waals surface area contributed by atoms with E-state index in [0.717, 1.165) is 28.3 Å². The molecule has 1 aromatic carbocycles. The first-order valence-corrected chi connectivity index (χ1v) is 7.76. The number of methoxy groups -OCH3 is 2. The number of hydrogen-bond donors (Lipinski definition) is 2. The quantitative estimate of drug-likeness (QED) is 0.354. The summed E-state index contributed by atoms with van der Waals surface area (Å²) in [7, 11) is 3.35. The number of aliphatic imine (C=N–C) groups is 1. The molecule has 126 valence electrons. The van der Waals surface area contributed by atoms with Crippen LogP contribution in [0.15, 0.2) is 27.7 Å². The van der Waals surface area contributed by atoms with Crippen molar-refractivity contribution in [3.05, 3.63) is 28.2 Å². The number of halogens is 2. The zero-order valence-corrected chi connectivity index (χ0v) is 17.4. The second-order valence-electron chi connectivity index (χ2n) is 4.66. The van der Waals surface area contributed by atoms with Crippen molar-refractivity contribution < 1.29 is 9.47 Å². The van der Waals surface area contributed by atoms with Gasteiger partial charge >= 0.3 is 0 Å². The molecule has 1 rings (SSSR count). The number of benzene rings is 1. The predicted molar refractivity (Wildman–Crippen MR) is 105 cm³/mol. The molecule has 0 heterocycles. The minimum absolute atomic E-state index is 0. The Morgan fingerprint density at radius 3 is 2.64 bits per heavy atom. The number of nitrogens with zero attached hydrogens (tertiary/aromatic N) is 1. The van der Waals surface area contributed by atoms with Gasteiger partial charge < -0.3 is 20.1 Å². The standard InChI is InChI=1S/C15H24BrN3O2.HI/c1-5-17-15(19-11(2)10-20-3)18-9-12-6-7-14(21-4)13(16)8-12;/h6-8,11H,5,9-10H2,1-4H3,(H2,17,18,19);1H. The van der Waals surface area contributed by atoms with Gasteiger partial charge in [0.15, 0.2) is 5.96 Å². The van der Waals surface area contributed by atoms with E-state index in [2.05, 4.69) is 38.5 Å². The molecule has 5 nitrogen and oxygen atoms in total. The van der Waals surface area contributed by atoms with Crippen LogP contribution in [0.1, 0.15) is 19.4 Å². The molecule has 0 aliphatic heterocycles. The van der Waals surface area contributed by atoms with Crippen molar-refractivity contribution in [3.63, 3.8) is 0 Å². The van der Waals surface area contributed by atoms with Crippen molar-refractivity contribution >= 4 is 45.9 Å². The van der Waals surface area contributed by atoms with Crippen LogP contribution in [0.5, 0.6) is 5.75 Å². The molecule has 0 aromatic heterocycles. The van der Waals surface area contributed by atoms with Crippen molar-refractivity contribution in [2.45, 2.75) is 26.4 Å². The summed E-state index contributed by atoms with van der Waals surface area (Å²) < 4.78 is 11.3. The van der Waals surface area contributed by atoms with Crippen LogP contribution in [-0.4, -0.2) is 39.4 Å². The van der Waals surface area contributed by atoms with E-state index >= 15 is 0 Å². The molecule has 2 N–H and O–H groups in total. The van der Waals surface area contributed by atoms with Crippen molar-refractivity contribution in [2.75, 3.05) is 27.4 Å². The normalized spacial score (nSPS) is 12.3. The van der Waals surface area contributed by atoms with Crippen LogP contribution in [0.3, 0.4) is 0 Å². The lowest BCUT2D eigenvalue weighted by Crippen LogP contribution is -2.43. The minimum Gasteiger partial charge on any atom is -0.496 e. The maximum absolute atomic E-state index is 5.22. The third-order valence-corrected chi connectivity index (χ3v) is 3.40. The molecule has 1 unspecified atom stereocenters. The Labute approximate surface area is 158 Å². The first-order chi connectivity index (χ1) is 10.1. The monoisotopic (exact) mass is 485 g/mol. The van der Waals surface area contributed by atoms with E-state index < -0.39 is 0 Å². The molecule has 0 amide bonds. The summed E-state index contributed by atoms with van der Waals surface area (Å²) in [6, 6.07) is 6.16. The molecule has 0 saturated heterocycles. The van der Waals surface area contributed by atoms with Crippen LogP contribution in [0.25, 0.3) is 0 Å². The molecule has 1 atom stereocenters. The summed E-state index contributed by atoms with van der Waals surface area (Å²) in [5, 5.41) is 6.53. The molecule has 0 radical (unpaired) electrons. The van der Waals surface area contributed by atoms with Gasteiger partial charge in [-0.25, -0.2) is 4.99 Å². The van der Waals surface area contributed by atoms with Gasteiger partial charge in [0.05, 0.1) is 24.7 Å². The molecule has 0 spiro atoms. The van der Waals surface area contributed by atoms with Gasteiger partial charge in [-0.05, 0) is 47.5 Å². The highest BCUT2D eigenvalue weighted by Gasteiger charge is 2.05. The SMILES string of the molecule is CCNC(=NCc1ccc(OC)c(Br)c1)NC(C)COC.I. The Morgan fingerprint density at radius 2 is 2.09 bits per heavy atom. The third kappa shape index (κ3) is 7.64. The summed E-state index contributed by atoms with van der Waals surface area (Å²) in [4.78, 5) is 4.58. The predicted octanol–water partition coefficient (Wildman–Crippen LogP) is 3.17. The fraction of sp³-hybridized carbons (Fsp3) is 0.533. The maximum atomic E-state index is 5.22. The molecule has 0 saturated carbocycles. The summed E-state index contributed by atoms with van der Waals surface area (Å²) in [5.74, 6) is 1.61. The van der Waals surface area contributed by atoms with E-state index in [1.807, 2.05) is 25.1 Å². The second kappa shape index (κ2) is 12.0. The highest BCUT2D eigenvalue weighted by atomic mass is 127. The lowest BCUT2D eigenvalue weighted by molar-refractivity contribution is 0.179. The van der Waals surface area contributed by atoms with Crippen molar-refractivity contribution in [1.82, 2.24) is 10.6 Å². The van der Waals surface area contributed by atoms with Crippen LogP contribution >= 0.6 is 39.9 Å². The Morgan fingerprint density at radius 1 is 1.36 bits per heavy atom. The molecule has 0 aliphatic carbocycles. The van der Waals surface area contributed by atoms with Gasteiger partial charge in [-0.3, -0.25) is 0 Å². The van der Waals surface area contributed by atoms with Crippen molar-refractivity contribution in [1.29, 1.82) is 0 Å². The van der Waals surface area contributed by atoms with Crippen LogP contribution < -0.4 is 15.4 Å². The smallest absolute Gasteiger partial charge is 0.191 e. The molecular weight excluding hydrogens is 461 g/mol. The van der Waals surface area contributed by atoms with Gasteiger partial charge in [0.25, 0.3) is 0 Å². The van der Waals surface area contributed by atoms with Crippen LogP contribution in [-0.2, 0) is 11.3 Å². The lowest BCUT2D eigenvalue weighted by Gasteiger charge is -2.17. The Kier molecular flexibility index (Phi) is 11.7. The molecule has 0 aliphatic rings. The maximum Gasteiger partial charge on any atom is 0.191 e. The molecule has 7 heteroatoms. The van der Waals surface area contributed by atoms with Gasteiger partial charge in [-0.1, -0.05) is 6.07 Å². The summed E-state index contributed by atoms with van der Waals surface area (Å²) >= 11 is 3.48. The molecule has 0 bridgehead atoms. The van der Waals surface area contributed by atoms with E-state index in [0.29, 0.717) is 13.2 Å². The van der Waals surface area contributed by atoms with Crippen molar-refractivity contribution in [3.8, 4) is 5.75 Å². The fourth-order valence-corrected chi connectivity index (χ4v) is 2.41. The first kappa shape index (κ1) is 21.5. The lowest BCUT2D eigenvalue weighted by atomic mass is 10.2. The Hall–Kier alpha value is -0.540. The second-order valence-corrected chi connectivity index (χ2v) is 5.52. The minimum atomic E-state index is 0. The Bertz CT molecular complexity index is 472. The molecule has 0 fully saturated rings. The summed E-state index contributed by atoms with van der Waals surface area (Å²) in [6.07, 6.45) is 0. The van der Waals surface area contributed by atoms with Crippen LogP contribution in [0.2, 0.25) is 0 Å². The van der Waals surface area contributed by atoms with Crippen LogP contribution in [0, 0.1) is 0 Å². The number of rotatable bonds is 7. The van der Waals surface area contributed by atoms with Gasteiger partial charge in [-0.2, -0.15) is 0 Å². The van der Waals surface area contributed by atoms with Gasteiger partial charge in [0.1, 0.15) is 5.75 Å². The first-order valence-electron chi connectivity index (χ1n) is 6.96.